The number of carbonyl (C=O) groups is 1. The van der Waals surface area contributed by atoms with Crippen molar-refractivity contribution in [3.63, 3.8) is 0 Å². The molecule has 0 saturated heterocycles. The Kier molecular flexibility index (Phi) is 3.87. The maximum absolute atomic E-state index is 13.0. The van der Waals surface area contributed by atoms with Gasteiger partial charge < -0.3 is 10.1 Å². The monoisotopic (exact) mass is 358 g/mol. The molecule has 128 valence electrons. The average Bonchev–Trinajstić information content (AvgIpc) is 2.86. The fourth-order valence-electron chi connectivity index (χ4n) is 2.24. The number of anilines is 2. The molecule has 0 radical (unpaired) electrons. The number of hydrogen-bond donors (Lipinski definition) is 2. The average molecular weight is 358 g/mol. The lowest BCUT2D eigenvalue weighted by atomic mass is 10.2. The molecule has 0 atom stereocenters. The molecule has 0 bridgehead atoms. The molecule has 8 nitrogen and oxygen atoms in total. The van der Waals surface area contributed by atoms with E-state index in [-0.39, 0.29) is 28.6 Å². The Morgan fingerprint density at radius 2 is 2.17 bits per heavy atom. The first-order valence-electron chi connectivity index (χ1n) is 6.68. The Bertz CT molecular complexity index is 911. The number of halogens is 2. The Morgan fingerprint density at radius 3 is 2.88 bits per heavy atom. The molecule has 24 heavy (non-hydrogen) atoms. The second-order valence-corrected chi connectivity index (χ2v) is 6.62. The summed E-state index contributed by atoms with van der Waals surface area (Å²) >= 11 is 0. The molecule has 2 heterocycles. The molecule has 0 fully saturated rings. The topological polar surface area (TPSA) is 102 Å². The number of para-hydroxylation sites is 1. The summed E-state index contributed by atoms with van der Waals surface area (Å²) < 4.78 is 59.3. The highest BCUT2D eigenvalue weighted by Gasteiger charge is 2.28. The minimum atomic E-state index is -4.25. The zero-order chi connectivity index (χ0) is 17.5. The van der Waals surface area contributed by atoms with Gasteiger partial charge in [-0.2, -0.15) is 5.10 Å². The van der Waals surface area contributed by atoms with Gasteiger partial charge in [-0.05, 0) is 12.1 Å². The number of nitrogens with zero attached hydrogens (tertiary/aromatic N) is 2. The number of amides is 1. The standard InChI is InChI=1S/C13H12F2N4O4S/c1-19-5-7(11(17-19)13(14)15)18-24(21,22)9-4-2-3-8-12(9)16-10(20)6-23-8/h2-5,13,18H,6H2,1H3,(H,16,20). The van der Waals surface area contributed by atoms with Crippen molar-refractivity contribution in [1.82, 2.24) is 9.78 Å². The molecular weight excluding hydrogens is 346 g/mol. The maximum Gasteiger partial charge on any atom is 0.284 e. The number of alkyl halides is 2. The van der Waals surface area contributed by atoms with Crippen LogP contribution in [0.1, 0.15) is 12.1 Å². The first kappa shape index (κ1) is 16.2. The van der Waals surface area contributed by atoms with E-state index < -0.39 is 28.0 Å². The molecular formula is C13H12F2N4O4S. The van der Waals surface area contributed by atoms with Crippen molar-refractivity contribution in [3.8, 4) is 5.75 Å². The lowest BCUT2D eigenvalue weighted by Crippen LogP contribution is -2.27. The van der Waals surface area contributed by atoms with Crippen LogP contribution in [-0.2, 0) is 21.9 Å². The van der Waals surface area contributed by atoms with Crippen molar-refractivity contribution in [1.29, 1.82) is 0 Å². The predicted molar refractivity (Wildman–Crippen MR) is 79.5 cm³/mol. The molecule has 2 aromatic rings. The molecule has 1 aromatic heterocycles. The highest BCUT2D eigenvalue weighted by Crippen LogP contribution is 2.35. The van der Waals surface area contributed by atoms with Gasteiger partial charge >= 0.3 is 0 Å². The second kappa shape index (κ2) is 5.74. The summed E-state index contributed by atoms with van der Waals surface area (Å²) in [7, 11) is -2.86. The summed E-state index contributed by atoms with van der Waals surface area (Å²) in [5.74, 6) is -0.336. The number of hydrogen-bond acceptors (Lipinski definition) is 5. The quantitative estimate of drug-likeness (QED) is 0.862. The molecule has 1 aliphatic rings. The van der Waals surface area contributed by atoms with E-state index in [0.717, 1.165) is 10.9 Å². The minimum Gasteiger partial charge on any atom is -0.482 e. The molecule has 1 aromatic carbocycles. The number of benzene rings is 1. The van der Waals surface area contributed by atoms with E-state index in [2.05, 4.69) is 15.1 Å². The summed E-state index contributed by atoms with van der Waals surface area (Å²) in [5.41, 5.74) is -1.07. The lowest BCUT2D eigenvalue weighted by molar-refractivity contribution is -0.118. The van der Waals surface area contributed by atoms with Crippen molar-refractivity contribution >= 4 is 27.3 Å². The second-order valence-electron chi connectivity index (χ2n) is 4.97. The van der Waals surface area contributed by atoms with Gasteiger partial charge in [0.15, 0.2) is 12.3 Å². The highest BCUT2D eigenvalue weighted by atomic mass is 32.2. The van der Waals surface area contributed by atoms with Crippen molar-refractivity contribution in [2.45, 2.75) is 11.3 Å². The van der Waals surface area contributed by atoms with E-state index in [1.165, 1.54) is 25.2 Å². The summed E-state index contributed by atoms with van der Waals surface area (Å²) in [6.45, 7) is -0.234. The first-order valence-corrected chi connectivity index (χ1v) is 8.16. The van der Waals surface area contributed by atoms with Gasteiger partial charge in [0, 0.05) is 13.2 Å². The zero-order valence-electron chi connectivity index (χ0n) is 12.3. The maximum atomic E-state index is 13.0. The number of aromatic nitrogens is 2. The fourth-order valence-corrected chi connectivity index (χ4v) is 3.48. The van der Waals surface area contributed by atoms with Crippen LogP contribution >= 0.6 is 0 Å². The summed E-state index contributed by atoms with van der Waals surface area (Å²) in [4.78, 5) is 11.2. The minimum absolute atomic E-state index is 0.0382. The predicted octanol–water partition coefficient (Wildman–Crippen LogP) is 1.49. The molecule has 2 N–H and O–H groups in total. The first-order chi connectivity index (χ1) is 11.3. The summed E-state index contributed by atoms with van der Waals surface area (Å²) in [5, 5.41) is 5.94. The van der Waals surface area contributed by atoms with E-state index in [9.17, 15) is 22.0 Å². The molecule has 0 saturated carbocycles. The normalized spacial score (nSPS) is 14.1. The van der Waals surface area contributed by atoms with Gasteiger partial charge in [-0.15, -0.1) is 0 Å². The number of carbonyl (C=O) groups excluding carboxylic acids is 1. The van der Waals surface area contributed by atoms with Gasteiger partial charge in [0.05, 0.1) is 5.69 Å². The van der Waals surface area contributed by atoms with Crippen LogP contribution in [0.4, 0.5) is 20.2 Å². The molecule has 0 aliphatic carbocycles. The van der Waals surface area contributed by atoms with Gasteiger partial charge in [-0.1, -0.05) is 6.07 Å². The zero-order valence-corrected chi connectivity index (χ0v) is 13.1. The van der Waals surface area contributed by atoms with Gasteiger partial charge in [-0.25, -0.2) is 17.2 Å². The van der Waals surface area contributed by atoms with Crippen molar-refractivity contribution in [2.75, 3.05) is 16.6 Å². The van der Waals surface area contributed by atoms with E-state index >= 15 is 0 Å². The Hall–Kier alpha value is -2.69. The largest absolute Gasteiger partial charge is 0.482 e. The number of rotatable bonds is 4. The number of fused-ring (bicyclic) bond motifs is 1. The van der Waals surface area contributed by atoms with Gasteiger partial charge in [0.25, 0.3) is 22.4 Å². The van der Waals surface area contributed by atoms with Crippen molar-refractivity contribution in [2.24, 2.45) is 7.05 Å². The van der Waals surface area contributed by atoms with Crippen LogP contribution in [-0.4, -0.2) is 30.7 Å². The molecule has 0 spiro atoms. The van der Waals surface area contributed by atoms with Crippen molar-refractivity contribution in [3.05, 3.63) is 30.1 Å². The van der Waals surface area contributed by atoms with Crippen LogP contribution in [0, 0.1) is 0 Å². The Balaban J connectivity index is 2.02. The van der Waals surface area contributed by atoms with Crippen LogP contribution in [0.5, 0.6) is 5.75 Å². The van der Waals surface area contributed by atoms with E-state index in [0.29, 0.717) is 0 Å². The fraction of sp³-hybridized carbons (Fsp3) is 0.231. The Morgan fingerprint density at radius 1 is 1.42 bits per heavy atom. The Labute approximate surface area is 135 Å². The molecule has 11 heteroatoms. The summed E-state index contributed by atoms with van der Waals surface area (Å²) in [6.07, 6.45) is -1.82. The van der Waals surface area contributed by atoms with Gasteiger partial charge in [0.2, 0.25) is 0 Å². The molecule has 1 amide bonds. The van der Waals surface area contributed by atoms with Crippen LogP contribution in [0.2, 0.25) is 0 Å². The van der Waals surface area contributed by atoms with E-state index in [1.54, 1.807) is 0 Å². The number of ether oxygens (including phenoxy) is 1. The summed E-state index contributed by atoms with van der Waals surface area (Å²) in [6, 6.07) is 4.14. The molecule has 3 rings (SSSR count). The SMILES string of the molecule is Cn1cc(NS(=O)(=O)c2cccc3c2NC(=O)CO3)c(C(F)F)n1. The van der Waals surface area contributed by atoms with Gasteiger partial charge in [-0.3, -0.25) is 14.2 Å². The van der Waals surface area contributed by atoms with Crippen LogP contribution in [0.3, 0.4) is 0 Å². The number of sulfonamides is 1. The number of nitrogens with one attached hydrogen (secondary N) is 2. The van der Waals surface area contributed by atoms with Gasteiger partial charge in [0.1, 0.15) is 16.3 Å². The van der Waals surface area contributed by atoms with E-state index in [4.69, 9.17) is 4.74 Å². The number of aryl methyl sites for hydroxylation is 1. The van der Waals surface area contributed by atoms with Crippen LogP contribution < -0.4 is 14.8 Å². The third kappa shape index (κ3) is 2.89. The molecule has 1 aliphatic heterocycles. The third-order valence-corrected chi connectivity index (χ3v) is 4.62. The molecule has 0 unspecified atom stereocenters. The van der Waals surface area contributed by atoms with Crippen LogP contribution in [0.25, 0.3) is 0 Å². The van der Waals surface area contributed by atoms with E-state index in [1.807, 2.05) is 0 Å². The highest BCUT2D eigenvalue weighted by molar-refractivity contribution is 7.93. The lowest BCUT2D eigenvalue weighted by Gasteiger charge is -2.20. The smallest absolute Gasteiger partial charge is 0.284 e. The third-order valence-electron chi connectivity index (χ3n) is 3.21. The van der Waals surface area contributed by atoms with Crippen molar-refractivity contribution < 1.29 is 26.7 Å². The van der Waals surface area contributed by atoms with Crippen LogP contribution in [0.15, 0.2) is 29.3 Å².